The molecule has 6 nitrogen and oxygen atoms in total. The van der Waals surface area contributed by atoms with Gasteiger partial charge in [-0.2, -0.15) is 0 Å². The molecule has 1 fully saturated rings. The highest BCUT2D eigenvalue weighted by Crippen LogP contribution is 2.16. The first kappa shape index (κ1) is 20.0. The number of furan rings is 1. The van der Waals surface area contributed by atoms with Gasteiger partial charge < -0.3 is 20.4 Å². The Kier molecular flexibility index (Phi) is 6.83. The molecule has 1 aliphatic heterocycles. The van der Waals surface area contributed by atoms with Crippen LogP contribution in [0, 0.1) is 6.92 Å². The molecule has 1 saturated heterocycles. The smallest absolute Gasteiger partial charge is 0.289 e. The van der Waals surface area contributed by atoms with Gasteiger partial charge in [0.1, 0.15) is 6.04 Å². The third-order valence-corrected chi connectivity index (χ3v) is 4.58. The summed E-state index contributed by atoms with van der Waals surface area (Å²) in [5.74, 6) is 0.0645. The molecule has 0 radical (unpaired) electrons. The number of hydrogen-bond acceptors (Lipinski definition) is 4. The van der Waals surface area contributed by atoms with Crippen LogP contribution in [-0.4, -0.2) is 35.8 Å². The number of halogens is 1. The van der Waals surface area contributed by atoms with Gasteiger partial charge in [0.25, 0.3) is 5.91 Å². The summed E-state index contributed by atoms with van der Waals surface area (Å²) in [6, 6.07) is 10.4. The zero-order valence-electron chi connectivity index (χ0n) is 14.7. The number of carbonyl (C=O) groups excluding carboxylic acids is 2. The fourth-order valence-electron chi connectivity index (χ4n) is 3.00. The second kappa shape index (κ2) is 8.87. The summed E-state index contributed by atoms with van der Waals surface area (Å²) in [5.41, 5.74) is 7.99. The van der Waals surface area contributed by atoms with Gasteiger partial charge in [0.2, 0.25) is 5.91 Å². The number of benzene rings is 1. The molecular weight excluding hydrogens is 354 g/mol. The molecule has 2 aromatic rings. The minimum absolute atomic E-state index is 0. The summed E-state index contributed by atoms with van der Waals surface area (Å²) in [6.07, 6.45) is 2.91. The van der Waals surface area contributed by atoms with E-state index in [4.69, 9.17) is 10.2 Å². The van der Waals surface area contributed by atoms with Gasteiger partial charge >= 0.3 is 0 Å². The van der Waals surface area contributed by atoms with Crippen LogP contribution in [0.5, 0.6) is 0 Å². The van der Waals surface area contributed by atoms with Crippen molar-refractivity contribution in [2.45, 2.75) is 31.8 Å². The van der Waals surface area contributed by atoms with E-state index in [2.05, 4.69) is 5.32 Å². The first-order chi connectivity index (χ1) is 12.0. The van der Waals surface area contributed by atoms with Crippen molar-refractivity contribution in [2.75, 3.05) is 13.1 Å². The number of nitrogens with one attached hydrogen (secondary N) is 1. The van der Waals surface area contributed by atoms with Gasteiger partial charge in [0.15, 0.2) is 5.76 Å². The minimum Gasteiger partial charge on any atom is -0.459 e. The fraction of sp³-hybridized carbons (Fsp3) is 0.368. The lowest BCUT2D eigenvalue weighted by molar-refractivity contribution is -0.123. The van der Waals surface area contributed by atoms with E-state index in [0.717, 1.165) is 11.1 Å². The SMILES string of the molecule is Cc1ccc(C(N)C(=O)NC2CCN(C(=O)c3ccco3)CC2)cc1.Cl. The van der Waals surface area contributed by atoms with Crippen LogP contribution >= 0.6 is 12.4 Å². The van der Waals surface area contributed by atoms with Crippen molar-refractivity contribution in [3.05, 3.63) is 59.5 Å². The predicted octanol–water partition coefficient (Wildman–Crippen LogP) is 2.43. The molecule has 3 rings (SSSR count). The van der Waals surface area contributed by atoms with E-state index in [1.54, 1.807) is 17.0 Å². The zero-order valence-corrected chi connectivity index (χ0v) is 15.5. The molecule has 1 unspecified atom stereocenters. The van der Waals surface area contributed by atoms with Gasteiger partial charge in [0, 0.05) is 19.1 Å². The van der Waals surface area contributed by atoms with E-state index < -0.39 is 6.04 Å². The van der Waals surface area contributed by atoms with E-state index in [0.29, 0.717) is 31.7 Å². The van der Waals surface area contributed by atoms with E-state index in [1.165, 1.54) is 6.26 Å². The number of amides is 2. The lowest BCUT2D eigenvalue weighted by Crippen LogP contribution is -2.48. The Hall–Kier alpha value is -2.31. The molecular formula is C19H24ClN3O3. The molecule has 3 N–H and O–H groups in total. The largest absolute Gasteiger partial charge is 0.459 e. The van der Waals surface area contributed by atoms with Crippen molar-refractivity contribution in [3.8, 4) is 0 Å². The molecule has 1 aliphatic rings. The van der Waals surface area contributed by atoms with Crippen LogP contribution in [0.4, 0.5) is 0 Å². The molecule has 1 aromatic heterocycles. The second-order valence-electron chi connectivity index (χ2n) is 6.44. The topological polar surface area (TPSA) is 88.6 Å². The number of rotatable bonds is 4. The van der Waals surface area contributed by atoms with Crippen molar-refractivity contribution >= 4 is 24.2 Å². The third kappa shape index (κ3) is 4.65. The fourth-order valence-corrected chi connectivity index (χ4v) is 3.00. The number of carbonyl (C=O) groups is 2. The average Bonchev–Trinajstić information content (AvgIpc) is 3.16. The van der Waals surface area contributed by atoms with Crippen molar-refractivity contribution in [1.29, 1.82) is 0 Å². The molecule has 0 bridgehead atoms. The molecule has 0 spiro atoms. The van der Waals surface area contributed by atoms with Crippen LogP contribution in [0.15, 0.2) is 47.1 Å². The van der Waals surface area contributed by atoms with Gasteiger partial charge in [-0.3, -0.25) is 9.59 Å². The summed E-state index contributed by atoms with van der Waals surface area (Å²) in [4.78, 5) is 26.4. The average molecular weight is 378 g/mol. The molecule has 2 amide bonds. The lowest BCUT2D eigenvalue weighted by atomic mass is 10.0. The van der Waals surface area contributed by atoms with E-state index in [9.17, 15) is 9.59 Å². The second-order valence-corrected chi connectivity index (χ2v) is 6.44. The van der Waals surface area contributed by atoms with Gasteiger partial charge in [-0.15, -0.1) is 12.4 Å². The van der Waals surface area contributed by atoms with Crippen LogP contribution in [-0.2, 0) is 4.79 Å². The lowest BCUT2D eigenvalue weighted by Gasteiger charge is -2.32. The summed E-state index contributed by atoms with van der Waals surface area (Å²) < 4.78 is 5.15. The molecule has 26 heavy (non-hydrogen) atoms. The molecule has 1 aromatic carbocycles. The number of likely N-dealkylation sites (tertiary alicyclic amines) is 1. The molecule has 140 valence electrons. The van der Waals surface area contributed by atoms with Crippen LogP contribution in [0.3, 0.4) is 0 Å². The van der Waals surface area contributed by atoms with Crippen molar-refractivity contribution in [1.82, 2.24) is 10.2 Å². The standard InChI is InChI=1S/C19H23N3O3.ClH/c1-13-4-6-14(7-5-13)17(20)18(23)21-15-8-10-22(11-9-15)19(24)16-3-2-12-25-16;/h2-7,12,15,17H,8-11,20H2,1H3,(H,21,23);1H. The van der Waals surface area contributed by atoms with E-state index >= 15 is 0 Å². The molecule has 7 heteroatoms. The van der Waals surface area contributed by atoms with Gasteiger partial charge in [-0.25, -0.2) is 0 Å². The van der Waals surface area contributed by atoms with Crippen LogP contribution in [0.25, 0.3) is 0 Å². The maximum absolute atomic E-state index is 12.4. The Balaban J connectivity index is 0.00000243. The summed E-state index contributed by atoms with van der Waals surface area (Å²) in [6.45, 7) is 3.17. The predicted molar refractivity (Wildman–Crippen MR) is 101 cm³/mol. The maximum atomic E-state index is 12.4. The Morgan fingerprint density at radius 1 is 1.19 bits per heavy atom. The number of hydrogen-bond donors (Lipinski definition) is 2. The summed E-state index contributed by atoms with van der Waals surface area (Å²) in [7, 11) is 0. The van der Waals surface area contributed by atoms with Crippen LogP contribution in [0.1, 0.15) is 40.6 Å². The highest BCUT2D eigenvalue weighted by molar-refractivity contribution is 5.91. The van der Waals surface area contributed by atoms with Crippen molar-refractivity contribution in [3.63, 3.8) is 0 Å². The van der Waals surface area contributed by atoms with E-state index in [-0.39, 0.29) is 30.3 Å². The Morgan fingerprint density at radius 3 is 2.42 bits per heavy atom. The summed E-state index contributed by atoms with van der Waals surface area (Å²) in [5, 5.41) is 3.00. The van der Waals surface area contributed by atoms with Crippen molar-refractivity contribution < 1.29 is 14.0 Å². The van der Waals surface area contributed by atoms with Gasteiger partial charge in [0.05, 0.1) is 6.26 Å². The van der Waals surface area contributed by atoms with Gasteiger partial charge in [-0.1, -0.05) is 29.8 Å². The highest BCUT2D eigenvalue weighted by atomic mass is 35.5. The van der Waals surface area contributed by atoms with Gasteiger partial charge in [-0.05, 0) is 37.5 Å². The normalized spacial score (nSPS) is 15.8. The number of nitrogens with zero attached hydrogens (tertiary/aromatic N) is 1. The first-order valence-electron chi connectivity index (χ1n) is 8.50. The molecule has 1 atom stereocenters. The quantitative estimate of drug-likeness (QED) is 0.856. The molecule has 0 saturated carbocycles. The Morgan fingerprint density at radius 2 is 1.85 bits per heavy atom. The molecule has 0 aliphatic carbocycles. The Bertz CT molecular complexity index is 723. The summed E-state index contributed by atoms with van der Waals surface area (Å²) >= 11 is 0. The van der Waals surface area contributed by atoms with Crippen LogP contribution < -0.4 is 11.1 Å². The zero-order chi connectivity index (χ0) is 17.8. The third-order valence-electron chi connectivity index (χ3n) is 4.58. The van der Waals surface area contributed by atoms with Crippen LogP contribution in [0.2, 0.25) is 0 Å². The monoisotopic (exact) mass is 377 g/mol. The minimum atomic E-state index is -0.677. The number of nitrogens with two attached hydrogens (primary N) is 1. The van der Waals surface area contributed by atoms with Crippen molar-refractivity contribution in [2.24, 2.45) is 5.73 Å². The first-order valence-corrected chi connectivity index (χ1v) is 8.50. The number of piperidine rings is 1. The molecule has 2 heterocycles. The number of aryl methyl sites for hydroxylation is 1. The Labute approximate surface area is 159 Å². The highest BCUT2D eigenvalue weighted by Gasteiger charge is 2.27. The van der Waals surface area contributed by atoms with E-state index in [1.807, 2.05) is 31.2 Å². The maximum Gasteiger partial charge on any atom is 0.289 e.